The van der Waals surface area contributed by atoms with Crippen LogP contribution in [-0.4, -0.2) is 29.7 Å². The van der Waals surface area contributed by atoms with Gasteiger partial charge >= 0.3 is 0 Å². The lowest BCUT2D eigenvalue weighted by Gasteiger charge is -2.19. The Balaban J connectivity index is 1.79. The van der Waals surface area contributed by atoms with Gasteiger partial charge in [-0.25, -0.2) is 0 Å². The molecule has 0 saturated carbocycles. The standard InChI is InChI=1S/C18H18N2O/c1-14-6-5-9-16(12-14)18(21)20-11-10-19-17(20)13-15-7-3-2-4-8-15/h2-9,12H,10-11,13H2,1H3. The Hall–Kier alpha value is -2.42. The third kappa shape index (κ3) is 3.02. The van der Waals surface area contributed by atoms with Gasteiger partial charge in [0.25, 0.3) is 5.91 Å². The molecule has 1 amide bonds. The molecule has 0 aromatic heterocycles. The van der Waals surface area contributed by atoms with Crippen molar-refractivity contribution in [2.24, 2.45) is 4.99 Å². The van der Waals surface area contributed by atoms with E-state index in [0.717, 1.165) is 17.0 Å². The Kier molecular flexibility index (Phi) is 3.82. The molecule has 1 aliphatic rings. The molecule has 3 rings (SSSR count). The summed E-state index contributed by atoms with van der Waals surface area (Å²) in [4.78, 5) is 19.0. The molecule has 0 atom stereocenters. The lowest BCUT2D eigenvalue weighted by atomic mass is 10.1. The van der Waals surface area contributed by atoms with Crippen molar-refractivity contribution in [3.8, 4) is 0 Å². The minimum Gasteiger partial charge on any atom is -0.294 e. The van der Waals surface area contributed by atoms with Crippen LogP contribution in [0.25, 0.3) is 0 Å². The van der Waals surface area contributed by atoms with Crippen LogP contribution in [-0.2, 0) is 6.42 Å². The van der Waals surface area contributed by atoms with E-state index in [2.05, 4.69) is 17.1 Å². The molecule has 3 heteroatoms. The summed E-state index contributed by atoms with van der Waals surface area (Å²) in [5.74, 6) is 0.915. The molecular formula is C18H18N2O. The fourth-order valence-corrected chi connectivity index (χ4v) is 2.58. The highest BCUT2D eigenvalue weighted by molar-refractivity contribution is 6.07. The molecule has 0 unspecified atom stereocenters. The normalized spacial score (nSPS) is 14.1. The summed E-state index contributed by atoms with van der Waals surface area (Å²) in [6.07, 6.45) is 0.707. The SMILES string of the molecule is Cc1cccc(C(=O)N2CCN=C2Cc2ccccc2)c1. The average molecular weight is 278 g/mol. The second kappa shape index (κ2) is 5.92. The first-order valence-electron chi connectivity index (χ1n) is 7.20. The maximum atomic E-state index is 12.6. The number of aryl methyl sites for hydroxylation is 1. The number of amides is 1. The van der Waals surface area contributed by atoms with Gasteiger partial charge in [0.05, 0.1) is 6.54 Å². The number of amidine groups is 1. The summed E-state index contributed by atoms with van der Waals surface area (Å²) >= 11 is 0. The van der Waals surface area contributed by atoms with Crippen LogP contribution in [0.5, 0.6) is 0 Å². The molecule has 0 saturated heterocycles. The molecule has 2 aromatic carbocycles. The van der Waals surface area contributed by atoms with Crippen LogP contribution in [0.2, 0.25) is 0 Å². The number of hydrogen-bond donors (Lipinski definition) is 0. The van der Waals surface area contributed by atoms with Gasteiger partial charge in [0, 0.05) is 18.5 Å². The number of benzene rings is 2. The number of nitrogens with zero attached hydrogens (tertiary/aromatic N) is 2. The predicted octanol–water partition coefficient (Wildman–Crippen LogP) is 3.09. The highest BCUT2D eigenvalue weighted by atomic mass is 16.2. The summed E-state index contributed by atoms with van der Waals surface area (Å²) in [6, 6.07) is 17.9. The molecule has 2 aromatic rings. The van der Waals surface area contributed by atoms with E-state index in [1.165, 1.54) is 5.56 Å². The van der Waals surface area contributed by atoms with Crippen molar-refractivity contribution >= 4 is 11.7 Å². The van der Waals surface area contributed by atoms with E-state index in [-0.39, 0.29) is 5.91 Å². The Morgan fingerprint density at radius 1 is 1.14 bits per heavy atom. The van der Waals surface area contributed by atoms with Gasteiger partial charge in [0.1, 0.15) is 5.84 Å². The van der Waals surface area contributed by atoms with Gasteiger partial charge in [0.15, 0.2) is 0 Å². The number of rotatable bonds is 3. The molecule has 3 nitrogen and oxygen atoms in total. The number of hydrogen-bond acceptors (Lipinski definition) is 2. The lowest BCUT2D eigenvalue weighted by molar-refractivity contribution is 0.0856. The lowest BCUT2D eigenvalue weighted by Crippen LogP contribution is -2.35. The molecule has 1 heterocycles. The van der Waals surface area contributed by atoms with Crippen molar-refractivity contribution in [3.05, 3.63) is 71.3 Å². The van der Waals surface area contributed by atoms with Crippen LogP contribution >= 0.6 is 0 Å². The predicted molar refractivity (Wildman–Crippen MR) is 84.7 cm³/mol. The molecule has 106 valence electrons. The van der Waals surface area contributed by atoms with E-state index in [1.807, 2.05) is 54.3 Å². The highest BCUT2D eigenvalue weighted by Crippen LogP contribution is 2.14. The Morgan fingerprint density at radius 2 is 1.95 bits per heavy atom. The first-order chi connectivity index (χ1) is 10.2. The van der Waals surface area contributed by atoms with Gasteiger partial charge in [-0.3, -0.25) is 14.7 Å². The number of aliphatic imine (C=N–C) groups is 1. The maximum absolute atomic E-state index is 12.6. The van der Waals surface area contributed by atoms with Crippen molar-refractivity contribution in [1.29, 1.82) is 0 Å². The van der Waals surface area contributed by atoms with Crippen LogP contribution in [0.15, 0.2) is 59.6 Å². The fourth-order valence-electron chi connectivity index (χ4n) is 2.58. The zero-order valence-corrected chi connectivity index (χ0v) is 12.1. The van der Waals surface area contributed by atoms with E-state index < -0.39 is 0 Å². The molecule has 0 fully saturated rings. The Morgan fingerprint density at radius 3 is 2.71 bits per heavy atom. The van der Waals surface area contributed by atoms with Gasteiger partial charge in [-0.15, -0.1) is 0 Å². The van der Waals surface area contributed by atoms with Crippen LogP contribution in [0.1, 0.15) is 21.5 Å². The number of carbonyl (C=O) groups excluding carboxylic acids is 1. The van der Waals surface area contributed by atoms with E-state index in [1.54, 1.807) is 0 Å². The van der Waals surface area contributed by atoms with Gasteiger partial charge in [-0.05, 0) is 24.6 Å². The van der Waals surface area contributed by atoms with Gasteiger partial charge in [-0.2, -0.15) is 0 Å². The monoisotopic (exact) mass is 278 g/mol. The Bertz CT molecular complexity index is 677. The summed E-state index contributed by atoms with van der Waals surface area (Å²) in [7, 11) is 0. The van der Waals surface area contributed by atoms with E-state index in [4.69, 9.17) is 0 Å². The average Bonchev–Trinajstić information content (AvgIpc) is 2.95. The molecule has 0 N–H and O–H groups in total. The molecule has 0 bridgehead atoms. The maximum Gasteiger partial charge on any atom is 0.259 e. The fraction of sp³-hybridized carbons (Fsp3) is 0.222. The summed E-state index contributed by atoms with van der Waals surface area (Å²) in [5, 5.41) is 0. The zero-order valence-electron chi connectivity index (χ0n) is 12.1. The molecule has 0 radical (unpaired) electrons. The third-order valence-corrected chi connectivity index (χ3v) is 3.64. The van der Waals surface area contributed by atoms with Gasteiger partial charge in [-0.1, -0.05) is 48.0 Å². The van der Waals surface area contributed by atoms with Crippen LogP contribution in [0, 0.1) is 6.92 Å². The Labute approximate surface area is 124 Å². The summed E-state index contributed by atoms with van der Waals surface area (Å²) < 4.78 is 0. The van der Waals surface area contributed by atoms with Gasteiger partial charge in [0.2, 0.25) is 0 Å². The van der Waals surface area contributed by atoms with Crippen molar-refractivity contribution in [2.45, 2.75) is 13.3 Å². The first kappa shape index (κ1) is 13.6. The van der Waals surface area contributed by atoms with Crippen molar-refractivity contribution < 1.29 is 4.79 Å². The summed E-state index contributed by atoms with van der Waals surface area (Å²) in [6.45, 7) is 3.37. The zero-order chi connectivity index (χ0) is 14.7. The van der Waals surface area contributed by atoms with Crippen LogP contribution in [0.4, 0.5) is 0 Å². The van der Waals surface area contributed by atoms with Gasteiger partial charge < -0.3 is 0 Å². The van der Waals surface area contributed by atoms with Crippen molar-refractivity contribution in [3.63, 3.8) is 0 Å². The van der Waals surface area contributed by atoms with Crippen LogP contribution in [0.3, 0.4) is 0 Å². The highest BCUT2D eigenvalue weighted by Gasteiger charge is 2.24. The van der Waals surface area contributed by atoms with E-state index >= 15 is 0 Å². The molecule has 0 spiro atoms. The minimum absolute atomic E-state index is 0.0471. The molecule has 1 aliphatic heterocycles. The molecular weight excluding hydrogens is 260 g/mol. The third-order valence-electron chi connectivity index (χ3n) is 3.64. The van der Waals surface area contributed by atoms with Crippen LogP contribution < -0.4 is 0 Å². The van der Waals surface area contributed by atoms with E-state index in [0.29, 0.717) is 19.5 Å². The van der Waals surface area contributed by atoms with Crippen molar-refractivity contribution in [2.75, 3.05) is 13.1 Å². The topological polar surface area (TPSA) is 32.7 Å². The minimum atomic E-state index is 0.0471. The first-order valence-corrected chi connectivity index (χ1v) is 7.20. The smallest absolute Gasteiger partial charge is 0.259 e. The largest absolute Gasteiger partial charge is 0.294 e. The van der Waals surface area contributed by atoms with Crippen molar-refractivity contribution in [1.82, 2.24) is 4.90 Å². The summed E-state index contributed by atoms with van der Waals surface area (Å²) in [5.41, 5.74) is 3.01. The quantitative estimate of drug-likeness (QED) is 0.849. The van der Waals surface area contributed by atoms with E-state index in [9.17, 15) is 4.79 Å². The number of carbonyl (C=O) groups is 1. The second-order valence-corrected chi connectivity index (χ2v) is 5.29. The molecule has 0 aliphatic carbocycles. The molecule has 21 heavy (non-hydrogen) atoms. The second-order valence-electron chi connectivity index (χ2n) is 5.29.